The highest BCUT2D eigenvalue weighted by molar-refractivity contribution is 5.80. The van der Waals surface area contributed by atoms with Crippen LogP contribution in [0, 0.1) is 0 Å². The molecule has 1 heterocycles. The van der Waals surface area contributed by atoms with Gasteiger partial charge in [0.15, 0.2) is 0 Å². The van der Waals surface area contributed by atoms with Crippen molar-refractivity contribution in [2.45, 2.75) is 39.5 Å². The monoisotopic (exact) mass is 342 g/mol. The number of aromatic amines is 1. The Labute approximate surface area is 147 Å². The van der Waals surface area contributed by atoms with Gasteiger partial charge in [-0.15, -0.1) is 0 Å². The van der Waals surface area contributed by atoms with E-state index in [0.717, 1.165) is 35.8 Å². The lowest BCUT2D eigenvalue weighted by Crippen LogP contribution is -2.33. The molecule has 0 atom stereocenters. The van der Waals surface area contributed by atoms with Gasteiger partial charge in [-0.05, 0) is 35.6 Å². The summed E-state index contributed by atoms with van der Waals surface area (Å²) in [5.41, 5.74) is 2.93. The molecule has 2 aromatic rings. The maximum atomic E-state index is 11.7. The largest absolute Gasteiger partial charge is 0.329 e. The molecule has 0 unspecified atom stereocenters. The molecule has 0 aliphatic heterocycles. The van der Waals surface area contributed by atoms with Crippen LogP contribution in [0.2, 0.25) is 0 Å². The molecule has 0 spiro atoms. The van der Waals surface area contributed by atoms with E-state index in [0.29, 0.717) is 5.82 Å². The first-order chi connectivity index (χ1) is 12.0. The van der Waals surface area contributed by atoms with Crippen LogP contribution in [0.15, 0.2) is 39.0 Å². The fraction of sp³-hybridized carbons (Fsp3) is 0.421. The fourth-order valence-corrected chi connectivity index (χ4v) is 2.67. The highest BCUT2D eigenvalue weighted by Gasteiger charge is 2.05. The number of hydrazone groups is 1. The smallest absolute Gasteiger partial charge is 0.292 e. The number of anilines is 1. The lowest BCUT2D eigenvalue weighted by Gasteiger charge is -2.13. The van der Waals surface area contributed by atoms with E-state index in [2.05, 4.69) is 36.1 Å². The molecule has 1 N–H and O–H groups in total. The van der Waals surface area contributed by atoms with E-state index in [-0.39, 0.29) is 5.56 Å². The van der Waals surface area contributed by atoms with Crippen LogP contribution in [0.1, 0.15) is 43.4 Å². The molecule has 0 bridgehead atoms. The number of nitrogens with zero attached hydrogens (tertiary/aromatic N) is 3. The molecule has 134 valence electrons. The Hall–Kier alpha value is -2.63. The van der Waals surface area contributed by atoms with Crippen LogP contribution in [0.4, 0.5) is 5.82 Å². The topological polar surface area (TPSA) is 70.5 Å². The van der Waals surface area contributed by atoms with E-state index in [9.17, 15) is 9.59 Å². The first-order valence-electron chi connectivity index (χ1n) is 8.66. The lowest BCUT2D eigenvalue weighted by atomic mass is 9.97. The quantitative estimate of drug-likeness (QED) is 0.621. The molecule has 2 rings (SSSR count). The zero-order valence-electron chi connectivity index (χ0n) is 15.4. The van der Waals surface area contributed by atoms with Gasteiger partial charge in [0.05, 0.1) is 6.21 Å². The molecule has 1 aromatic carbocycles. The molecule has 0 amide bonds. The summed E-state index contributed by atoms with van der Waals surface area (Å²) in [5.74, 6) is 0.362. The average Bonchev–Trinajstić information content (AvgIpc) is 2.59. The van der Waals surface area contributed by atoms with Gasteiger partial charge < -0.3 is 0 Å². The highest BCUT2D eigenvalue weighted by atomic mass is 16.2. The summed E-state index contributed by atoms with van der Waals surface area (Å²) >= 11 is 0. The Morgan fingerprint density at radius 1 is 1.12 bits per heavy atom. The van der Waals surface area contributed by atoms with Gasteiger partial charge in [-0.3, -0.25) is 19.4 Å². The van der Waals surface area contributed by atoms with Crippen LogP contribution in [0.25, 0.3) is 0 Å². The molecule has 0 aliphatic rings. The number of aromatic nitrogens is 2. The second-order valence-electron chi connectivity index (χ2n) is 6.15. The van der Waals surface area contributed by atoms with Gasteiger partial charge in [0.1, 0.15) is 5.82 Å². The van der Waals surface area contributed by atoms with Crippen LogP contribution in [0.5, 0.6) is 0 Å². The molecule has 6 nitrogen and oxygen atoms in total. The SMILES string of the molecule is CCCc1ccc(C=NN(C)c2cc(=O)n(C)c(=O)[nH]2)cc1CCC. The van der Waals surface area contributed by atoms with Crippen molar-refractivity contribution in [1.82, 2.24) is 9.55 Å². The summed E-state index contributed by atoms with van der Waals surface area (Å²) < 4.78 is 1.02. The Morgan fingerprint density at radius 3 is 2.44 bits per heavy atom. The fourth-order valence-electron chi connectivity index (χ4n) is 2.67. The number of hydrogen-bond donors (Lipinski definition) is 1. The molecule has 6 heteroatoms. The number of hydrogen-bond acceptors (Lipinski definition) is 4. The molecular weight excluding hydrogens is 316 g/mol. The Balaban J connectivity index is 2.24. The molecule has 0 saturated heterocycles. The standard InChI is InChI=1S/C19H26N4O2/c1-5-7-15-10-9-14(11-16(15)8-6-2)13-20-23(4)17-12-18(24)22(3)19(25)21-17/h9-13H,5-8H2,1-4H3,(H,21,25). The van der Waals surface area contributed by atoms with Crippen molar-refractivity contribution in [1.29, 1.82) is 0 Å². The van der Waals surface area contributed by atoms with Crippen LogP contribution in [0.3, 0.4) is 0 Å². The van der Waals surface area contributed by atoms with Crippen molar-refractivity contribution >= 4 is 12.0 Å². The van der Waals surface area contributed by atoms with E-state index < -0.39 is 5.69 Å². The van der Waals surface area contributed by atoms with Gasteiger partial charge in [0, 0.05) is 20.2 Å². The summed E-state index contributed by atoms with van der Waals surface area (Å²) in [6.45, 7) is 4.36. The first kappa shape index (κ1) is 18.7. The minimum Gasteiger partial charge on any atom is -0.292 e. The third-order valence-electron chi connectivity index (χ3n) is 4.13. The Morgan fingerprint density at radius 2 is 1.80 bits per heavy atom. The van der Waals surface area contributed by atoms with Crippen molar-refractivity contribution < 1.29 is 0 Å². The Bertz CT molecular complexity index is 833. The zero-order chi connectivity index (χ0) is 18.4. The van der Waals surface area contributed by atoms with Crippen LogP contribution < -0.4 is 16.3 Å². The zero-order valence-corrected chi connectivity index (χ0v) is 15.4. The second-order valence-corrected chi connectivity index (χ2v) is 6.15. The van der Waals surface area contributed by atoms with Crippen LogP contribution in [-0.2, 0) is 19.9 Å². The number of benzene rings is 1. The van der Waals surface area contributed by atoms with E-state index in [4.69, 9.17) is 0 Å². The third kappa shape index (κ3) is 4.68. The van der Waals surface area contributed by atoms with Gasteiger partial charge in [-0.1, -0.05) is 38.8 Å². The van der Waals surface area contributed by atoms with E-state index in [1.165, 1.54) is 29.2 Å². The number of nitrogens with one attached hydrogen (secondary N) is 1. The first-order valence-corrected chi connectivity index (χ1v) is 8.66. The van der Waals surface area contributed by atoms with E-state index in [1.54, 1.807) is 13.3 Å². The highest BCUT2D eigenvalue weighted by Crippen LogP contribution is 2.15. The second kappa shape index (κ2) is 8.46. The van der Waals surface area contributed by atoms with Crippen LogP contribution in [-0.4, -0.2) is 22.8 Å². The lowest BCUT2D eigenvalue weighted by molar-refractivity contribution is 0.766. The van der Waals surface area contributed by atoms with Crippen molar-refractivity contribution in [3.63, 3.8) is 0 Å². The van der Waals surface area contributed by atoms with E-state index in [1.807, 2.05) is 6.07 Å². The summed E-state index contributed by atoms with van der Waals surface area (Å²) in [7, 11) is 3.13. The maximum Gasteiger partial charge on any atom is 0.329 e. The average molecular weight is 342 g/mol. The summed E-state index contributed by atoms with van der Waals surface area (Å²) in [6, 6.07) is 7.73. The molecule has 0 aliphatic carbocycles. The van der Waals surface area contributed by atoms with Gasteiger partial charge in [0.25, 0.3) is 5.56 Å². The number of rotatable bonds is 7. The van der Waals surface area contributed by atoms with Gasteiger partial charge in [-0.25, -0.2) is 4.79 Å². The molecule has 25 heavy (non-hydrogen) atoms. The normalized spacial score (nSPS) is 11.2. The minimum atomic E-state index is -0.460. The van der Waals surface area contributed by atoms with Crippen molar-refractivity contribution in [3.05, 3.63) is 61.8 Å². The summed E-state index contributed by atoms with van der Waals surface area (Å²) in [6.07, 6.45) is 6.11. The number of H-pyrrole nitrogens is 1. The Kier molecular flexibility index (Phi) is 6.33. The predicted molar refractivity (Wildman–Crippen MR) is 103 cm³/mol. The third-order valence-corrected chi connectivity index (χ3v) is 4.13. The van der Waals surface area contributed by atoms with Crippen molar-refractivity contribution in [2.75, 3.05) is 12.1 Å². The summed E-state index contributed by atoms with van der Waals surface area (Å²) in [5, 5.41) is 5.83. The maximum absolute atomic E-state index is 11.7. The van der Waals surface area contributed by atoms with Crippen molar-refractivity contribution in [3.8, 4) is 0 Å². The van der Waals surface area contributed by atoms with E-state index >= 15 is 0 Å². The molecule has 1 aromatic heterocycles. The minimum absolute atomic E-state index is 0.362. The molecule has 0 radical (unpaired) electrons. The van der Waals surface area contributed by atoms with Crippen LogP contribution >= 0.6 is 0 Å². The van der Waals surface area contributed by atoms with Gasteiger partial charge in [-0.2, -0.15) is 5.10 Å². The summed E-state index contributed by atoms with van der Waals surface area (Å²) in [4.78, 5) is 26.0. The number of aryl methyl sites for hydroxylation is 2. The predicted octanol–water partition coefficient (Wildman–Crippen LogP) is 2.45. The van der Waals surface area contributed by atoms with Crippen molar-refractivity contribution in [2.24, 2.45) is 12.1 Å². The van der Waals surface area contributed by atoms with Gasteiger partial charge >= 0.3 is 5.69 Å². The molecule has 0 fully saturated rings. The van der Waals surface area contributed by atoms with Gasteiger partial charge in [0.2, 0.25) is 0 Å². The molecule has 0 saturated carbocycles. The molecular formula is C19H26N4O2.